The van der Waals surface area contributed by atoms with Crippen molar-refractivity contribution in [3.8, 4) is 0 Å². The number of amides is 2. The van der Waals surface area contributed by atoms with E-state index in [1.165, 1.54) is 12.8 Å². The van der Waals surface area contributed by atoms with Crippen LogP contribution in [0.15, 0.2) is 0 Å². The summed E-state index contributed by atoms with van der Waals surface area (Å²) in [6, 6.07) is 0.374. The zero-order chi connectivity index (χ0) is 9.71. The van der Waals surface area contributed by atoms with Crippen molar-refractivity contribution in [1.29, 1.82) is 0 Å². The van der Waals surface area contributed by atoms with Gasteiger partial charge in [-0.25, -0.2) is 0 Å². The van der Waals surface area contributed by atoms with Crippen molar-refractivity contribution < 1.29 is 9.59 Å². The molecule has 1 N–H and O–H groups in total. The third kappa shape index (κ3) is 0.996. The SMILES string of the molecule is O=C1NCCN(C2CC3CC2C3)C1=O. The molecule has 0 radical (unpaired) electrons. The van der Waals surface area contributed by atoms with E-state index in [0.717, 1.165) is 12.3 Å². The molecule has 4 nitrogen and oxygen atoms in total. The molecule has 0 aromatic carbocycles. The molecule has 1 heterocycles. The third-order valence-corrected chi connectivity index (χ3v) is 3.88. The van der Waals surface area contributed by atoms with E-state index in [2.05, 4.69) is 5.32 Å². The molecule has 0 spiro atoms. The second-order valence-corrected chi connectivity index (χ2v) is 4.66. The number of rotatable bonds is 1. The summed E-state index contributed by atoms with van der Waals surface area (Å²) in [4.78, 5) is 24.6. The van der Waals surface area contributed by atoms with Crippen LogP contribution >= 0.6 is 0 Å². The van der Waals surface area contributed by atoms with Crippen molar-refractivity contribution in [2.24, 2.45) is 11.8 Å². The van der Waals surface area contributed by atoms with Crippen molar-refractivity contribution in [3.05, 3.63) is 0 Å². The van der Waals surface area contributed by atoms with Gasteiger partial charge in [0.1, 0.15) is 0 Å². The van der Waals surface area contributed by atoms with Gasteiger partial charge in [-0.2, -0.15) is 0 Å². The zero-order valence-corrected chi connectivity index (χ0v) is 8.03. The van der Waals surface area contributed by atoms with Gasteiger partial charge in [-0.3, -0.25) is 9.59 Å². The van der Waals surface area contributed by atoms with E-state index in [9.17, 15) is 9.59 Å². The molecule has 1 unspecified atom stereocenters. The molecule has 3 saturated carbocycles. The van der Waals surface area contributed by atoms with Crippen molar-refractivity contribution in [2.45, 2.75) is 25.3 Å². The third-order valence-electron chi connectivity index (χ3n) is 3.88. The van der Waals surface area contributed by atoms with Crippen molar-refractivity contribution in [2.75, 3.05) is 13.1 Å². The highest BCUT2D eigenvalue weighted by atomic mass is 16.2. The molecule has 76 valence electrons. The number of hydrogen-bond donors (Lipinski definition) is 1. The van der Waals surface area contributed by atoms with Crippen LogP contribution in [-0.2, 0) is 9.59 Å². The van der Waals surface area contributed by atoms with Crippen LogP contribution in [0.2, 0.25) is 0 Å². The molecule has 1 atom stereocenters. The fourth-order valence-electron chi connectivity index (χ4n) is 3.12. The van der Waals surface area contributed by atoms with Crippen LogP contribution in [0.1, 0.15) is 19.3 Å². The smallest absolute Gasteiger partial charge is 0.312 e. The van der Waals surface area contributed by atoms with E-state index in [1.54, 1.807) is 4.90 Å². The molecule has 4 fully saturated rings. The highest BCUT2D eigenvalue weighted by Crippen LogP contribution is 2.50. The molecule has 3 aliphatic carbocycles. The number of fused-ring (bicyclic) bond motifs is 1. The fraction of sp³-hybridized carbons (Fsp3) is 0.800. The summed E-state index contributed by atoms with van der Waals surface area (Å²) >= 11 is 0. The lowest BCUT2D eigenvalue weighted by Crippen LogP contribution is -2.56. The summed E-state index contributed by atoms with van der Waals surface area (Å²) in [6.07, 6.45) is 3.68. The molecule has 1 saturated heterocycles. The number of hydrogen-bond acceptors (Lipinski definition) is 2. The summed E-state index contributed by atoms with van der Waals surface area (Å²) in [5.74, 6) is 0.798. The Morgan fingerprint density at radius 2 is 2.00 bits per heavy atom. The average molecular weight is 194 g/mol. The Balaban J connectivity index is 1.77. The van der Waals surface area contributed by atoms with Crippen molar-refractivity contribution in [1.82, 2.24) is 10.2 Å². The lowest BCUT2D eigenvalue weighted by atomic mass is 9.84. The van der Waals surface area contributed by atoms with Gasteiger partial charge in [-0.15, -0.1) is 0 Å². The highest BCUT2D eigenvalue weighted by molar-refractivity contribution is 6.35. The van der Waals surface area contributed by atoms with Crippen molar-refractivity contribution >= 4 is 11.8 Å². The molecule has 2 amide bonds. The number of nitrogens with zero attached hydrogens (tertiary/aromatic N) is 1. The van der Waals surface area contributed by atoms with Gasteiger partial charge in [0.15, 0.2) is 0 Å². The molecule has 4 heteroatoms. The number of carbonyl (C=O) groups excluding carboxylic acids is 2. The summed E-state index contributed by atoms with van der Waals surface area (Å²) in [5, 5.41) is 2.58. The van der Waals surface area contributed by atoms with Gasteiger partial charge in [0.25, 0.3) is 0 Å². The van der Waals surface area contributed by atoms with Gasteiger partial charge in [0.05, 0.1) is 0 Å². The fourth-order valence-corrected chi connectivity index (χ4v) is 3.12. The summed E-state index contributed by atoms with van der Waals surface area (Å²) in [7, 11) is 0. The predicted molar refractivity (Wildman–Crippen MR) is 49.3 cm³/mol. The molecule has 14 heavy (non-hydrogen) atoms. The van der Waals surface area contributed by atoms with Gasteiger partial charge in [-0.1, -0.05) is 0 Å². The Morgan fingerprint density at radius 1 is 1.21 bits per heavy atom. The highest BCUT2D eigenvalue weighted by Gasteiger charge is 2.49. The lowest BCUT2D eigenvalue weighted by molar-refractivity contribution is -0.150. The maximum Gasteiger partial charge on any atom is 0.312 e. The molecule has 0 aromatic rings. The Kier molecular flexibility index (Phi) is 1.60. The first-order valence-corrected chi connectivity index (χ1v) is 5.34. The predicted octanol–water partition coefficient (Wildman–Crippen LogP) is -0.257. The second kappa shape index (κ2) is 2.72. The molecule has 1 aliphatic heterocycles. The Labute approximate surface area is 82.6 Å². The van der Waals surface area contributed by atoms with Crippen LogP contribution in [0.3, 0.4) is 0 Å². The lowest BCUT2D eigenvalue weighted by Gasteiger charge is -2.34. The minimum absolute atomic E-state index is 0.311. The maximum absolute atomic E-state index is 11.6. The Bertz CT molecular complexity index is 296. The summed E-state index contributed by atoms with van der Waals surface area (Å²) < 4.78 is 0. The second-order valence-electron chi connectivity index (χ2n) is 4.66. The van der Waals surface area contributed by atoms with Gasteiger partial charge in [0, 0.05) is 19.1 Å². The monoisotopic (exact) mass is 194 g/mol. The van der Waals surface area contributed by atoms with E-state index in [1.807, 2.05) is 0 Å². The number of piperazine rings is 1. The minimum atomic E-state index is -0.416. The van der Waals surface area contributed by atoms with E-state index in [-0.39, 0.29) is 5.91 Å². The van der Waals surface area contributed by atoms with Gasteiger partial charge >= 0.3 is 11.8 Å². The zero-order valence-electron chi connectivity index (χ0n) is 8.03. The molecule has 0 aromatic heterocycles. The van der Waals surface area contributed by atoms with Crippen LogP contribution < -0.4 is 5.32 Å². The summed E-state index contributed by atoms with van der Waals surface area (Å²) in [6.45, 7) is 1.33. The van der Waals surface area contributed by atoms with E-state index < -0.39 is 5.91 Å². The molecule has 4 rings (SSSR count). The van der Waals surface area contributed by atoms with E-state index >= 15 is 0 Å². The number of nitrogens with one attached hydrogen (secondary N) is 1. The quantitative estimate of drug-likeness (QED) is 0.585. The topological polar surface area (TPSA) is 49.4 Å². The van der Waals surface area contributed by atoms with Crippen molar-refractivity contribution in [3.63, 3.8) is 0 Å². The molecule has 4 aliphatic rings. The largest absolute Gasteiger partial charge is 0.346 e. The molecule has 2 bridgehead atoms. The van der Waals surface area contributed by atoms with Crippen LogP contribution in [0, 0.1) is 11.8 Å². The van der Waals surface area contributed by atoms with Crippen LogP contribution in [0.25, 0.3) is 0 Å². The minimum Gasteiger partial charge on any atom is -0.346 e. The van der Waals surface area contributed by atoms with Gasteiger partial charge in [-0.05, 0) is 31.1 Å². The number of carbonyl (C=O) groups is 2. The maximum atomic E-state index is 11.6. The first-order valence-electron chi connectivity index (χ1n) is 5.34. The van der Waals surface area contributed by atoms with Crippen LogP contribution in [-0.4, -0.2) is 35.8 Å². The van der Waals surface area contributed by atoms with Crippen LogP contribution in [0.5, 0.6) is 0 Å². The summed E-state index contributed by atoms with van der Waals surface area (Å²) in [5.41, 5.74) is 0. The van der Waals surface area contributed by atoms with E-state index in [4.69, 9.17) is 0 Å². The molecular formula is C10H14N2O2. The standard InChI is InChI=1S/C10H14N2O2/c13-9-10(14)12(2-1-11-9)8-5-6-3-7(8)4-6/h6-8H,1-5H2,(H,11,13). The Hall–Kier alpha value is -1.06. The first-order chi connectivity index (χ1) is 6.75. The van der Waals surface area contributed by atoms with Gasteiger partial charge in [0.2, 0.25) is 0 Å². The first kappa shape index (κ1) is 8.26. The molecular weight excluding hydrogens is 180 g/mol. The normalized spacial score (nSPS) is 40.9. The Morgan fingerprint density at radius 3 is 2.64 bits per heavy atom. The van der Waals surface area contributed by atoms with Gasteiger partial charge < -0.3 is 10.2 Å². The van der Waals surface area contributed by atoms with Crippen LogP contribution in [0.4, 0.5) is 0 Å². The van der Waals surface area contributed by atoms with E-state index in [0.29, 0.717) is 25.0 Å². The average Bonchev–Trinajstić information content (AvgIpc) is 2.66.